The number of amides is 2. The van der Waals surface area contributed by atoms with Gasteiger partial charge in [-0.25, -0.2) is 0 Å². The maximum absolute atomic E-state index is 12.5. The molecule has 0 spiro atoms. The van der Waals surface area contributed by atoms with Crippen molar-refractivity contribution >= 4 is 51.9 Å². The molecule has 0 bridgehead atoms. The van der Waals surface area contributed by atoms with Crippen LogP contribution in [0.5, 0.6) is 5.75 Å². The number of rotatable bonds is 4. The molecule has 2 N–H and O–H groups in total. The highest BCUT2D eigenvalue weighted by Crippen LogP contribution is 2.32. The standard InChI is InChI=1S/C18H14N2O3S2/c21-14-8-4-5-12(9-14)10-15-17(23)20(18(24)25-15)11-16(22)19-13-6-2-1-3-7-13/h1-10,21H,11H2,(H,19,22)/b15-10-. The Balaban J connectivity index is 1.70. The summed E-state index contributed by atoms with van der Waals surface area (Å²) >= 11 is 6.36. The number of para-hydroxylation sites is 1. The number of nitrogens with zero attached hydrogens (tertiary/aromatic N) is 1. The molecule has 2 aromatic rings. The Labute approximate surface area is 154 Å². The van der Waals surface area contributed by atoms with Crippen molar-refractivity contribution < 1.29 is 14.7 Å². The summed E-state index contributed by atoms with van der Waals surface area (Å²) in [6, 6.07) is 15.6. The van der Waals surface area contributed by atoms with Gasteiger partial charge in [0.2, 0.25) is 5.91 Å². The number of benzene rings is 2. The summed E-state index contributed by atoms with van der Waals surface area (Å²) in [6.07, 6.45) is 1.65. The van der Waals surface area contributed by atoms with Gasteiger partial charge in [0.25, 0.3) is 5.91 Å². The van der Waals surface area contributed by atoms with Crippen LogP contribution in [0.1, 0.15) is 5.56 Å². The van der Waals surface area contributed by atoms with Crippen molar-refractivity contribution in [3.8, 4) is 5.75 Å². The van der Waals surface area contributed by atoms with E-state index in [1.165, 1.54) is 4.90 Å². The van der Waals surface area contributed by atoms with Crippen LogP contribution in [0.15, 0.2) is 59.5 Å². The molecular weight excluding hydrogens is 356 g/mol. The van der Waals surface area contributed by atoms with E-state index in [0.717, 1.165) is 11.8 Å². The van der Waals surface area contributed by atoms with Crippen molar-refractivity contribution in [3.05, 3.63) is 65.1 Å². The Morgan fingerprint density at radius 2 is 1.96 bits per heavy atom. The number of nitrogens with one attached hydrogen (secondary N) is 1. The second-order valence-corrected chi connectivity index (χ2v) is 6.95. The summed E-state index contributed by atoms with van der Waals surface area (Å²) in [7, 11) is 0. The first-order valence-corrected chi connectivity index (χ1v) is 8.65. The lowest BCUT2D eigenvalue weighted by Gasteiger charge is -2.14. The minimum absolute atomic E-state index is 0.117. The Bertz CT molecular complexity index is 866. The molecule has 0 saturated carbocycles. The molecule has 7 heteroatoms. The lowest BCUT2D eigenvalue weighted by Crippen LogP contribution is -2.36. The number of hydrogen-bond donors (Lipinski definition) is 2. The number of aromatic hydroxyl groups is 1. The van der Waals surface area contributed by atoms with Gasteiger partial charge in [-0.15, -0.1) is 0 Å². The summed E-state index contributed by atoms with van der Waals surface area (Å²) in [5, 5.41) is 12.2. The highest BCUT2D eigenvalue weighted by Gasteiger charge is 2.33. The Hall–Kier alpha value is -2.64. The molecule has 25 heavy (non-hydrogen) atoms. The molecular formula is C18H14N2O3S2. The molecule has 1 fully saturated rings. The fourth-order valence-electron chi connectivity index (χ4n) is 2.27. The molecule has 126 valence electrons. The van der Waals surface area contributed by atoms with E-state index >= 15 is 0 Å². The normalized spacial score (nSPS) is 15.7. The van der Waals surface area contributed by atoms with Gasteiger partial charge >= 0.3 is 0 Å². The van der Waals surface area contributed by atoms with Crippen molar-refractivity contribution in [2.24, 2.45) is 0 Å². The van der Waals surface area contributed by atoms with E-state index in [9.17, 15) is 14.7 Å². The molecule has 1 heterocycles. The smallest absolute Gasteiger partial charge is 0.266 e. The summed E-state index contributed by atoms with van der Waals surface area (Å²) in [5.41, 5.74) is 1.35. The summed E-state index contributed by atoms with van der Waals surface area (Å²) in [5.74, 6) is -0.519. The van der Waals surface area contributed by atoms with Crippen molar-refractivity contribution in [2.75, 3.05) is 11.9 Å². The van der Waals surface area contributed by atoms with E-state index < -0.39 is 0 Å². The van der Waals surface area contributed by atoms with E-state index in [1.807, 2.05) is 18.2 Å². The molecule has 0 radical (unpaired) electrons. The third-order valence-corrected chi connectivity index (χ3v) is 4.78. The van der Waals surface area contributed by atoms with E-state index in [-0.39, 0.29) is 24.1 Å². The number of anilines is 1. The van der Waals surface area contributed by atoms with E-state index in [4.69, 9.17) is 12.2 Å². The number of phenols is 1. The average Bonchev–Trinajstić information content (AvgIpc) is 2.83. The fraction of sp³-hybridized carbons (Fsp3) is 0.0556. The lowest BCUT2D eigenvalue weighted by atomic mass is 10.2. The minimum Gasteiger partial charge on any atom is -0.508 e. The van der Waals surface area contributed by atoms with E-state index in [2.05, 4.69) is 5.32 Å². The van der Waals surface area contributed by atoms with Gasteiger partial charge in [-0.3, -0.25) is 14.5 Å². The quantitative estimate of drug-likeness (QED) is 0.639. The first-order valence-electron chi connectivity index (χ1n) is 7.42. The number of thioether (sulfide) groups is 1. The van der Waals surface area contributed by atoms with Crippen LogP contribution in [0.25, 0.3) is 6.08 Å². The van der Waals surface area contributed by atoms with Gasteiger partial charge in [-0.1, -0.05) is 54.3 Å². The molecule has 0 aliphatic carbocycles. The summed E-state index contributed by atoms with van der Waals surface area (Å²) in [4.78, 5) is 26.3. The van der Waals surface area contributed by atoms with Crippen molar-refractivity contribution in [1.29, 1.82) is 0 Å². The van der Waals surface area contributed by atoms with Crippen LogP contribution in [0.2, 0.25) is 0 Å². The zero-order chi connectivity index (χ0) is 17.8. The van der Waals surface area contributed by atoms with Crippen LogP contribution in [0.3, 0.4) is 0 Å². The van der Waals surface area contributed by atoms with Gasteiger partial charge in [0.05, 0.1) is 4.91 Å². The van der Waals surface area contributed by atoms with Gasteiger partial charge in [0, 0.05) is 5.69 Å². The first-order chi connectivity index (χ1) is 12.0. The summed E-state index contributed by atoms with van der Waals surface area (Å²) < 4.78 is 0.333. The Morgan fingerprint density at radius 1 is 1.20 bits per heavy atom. The molecule has 2 aromatic carbocycles. The van der Waals surface area contributed by atoms with E-state index in [1.54, 1.807) is 42.5 Å². The van der Waals surface area contributed by atoms with Crippen LogP contribution in [0, 0.1) is 0 Å². The van der Waals surface area contributed by atoms with Crippen molar-refractivity contribution in [2.45, 2.75) is 0 Å². The van der Waals surface area contributed by atoms with E-state index in [0.29, 0.717) is 20.5 Å². The number of thiocarbonyl (C=S) groups is 1. The van der Waals surface area contributed by atoms with Gasteiger partial charge in [-0.2, -0.15) is 0 Å². The first kappa shape index (κ1) is 17.2. The molecule has 0 atom stereocenters. The van der Waals surface area contributed by atoms with Crippen LogP contribution in [-0.4, -0.2) is 32.7 Å². The maximum Gasteiger partial charge on any atom is 0.266 e. The Morgan fingerprint density at radius 3 is 2.68 bits per heavy atom. The monoisotopic (exact) mass is 370 g/mol. The number of carbonyl (C=O) groups is 2. The van der Waals surface area contributed by atoms with Crippen LogP contribution >= 0.6 is 24.0 Å². The van der Waals surface area contributed by atoms with Crippen molar-refractivity contribution in [1.82, 2.24) is 4.90 Å². The topological polar surface area (TPSA) is 69.6 Å². The minimum atomic E-state index is -0.318. The van der Waals surface area contributed by atoms with Gasteiger partial charge in [-0.05, 0) is 35.9 Å². The second-order valence-electron chi connectivity index (χ2n) is 5.28. The molecule has 1 aliphatic rings. The molecule has 5 nitrogen and oxygen atoms in total. The van der Waals surface area contributed by atoms with Crippen LogP contribution in [-0.2, 0) is 9.59 Å². The molecule has 1 aliphatic heterocycles. The van der Waals surface area contributed by atoms with Crippen LogP contribution < -0.4 is 5.32 Å². The second kappa shape index (κ2) is 7.50. The van der Waals surface area contributed by atoms with Gasteiger partial charge in [0.15, 0.2) is 0 Å². The molecule has 3 rings (SSSR count). The number of carbonyl (C=O) groups excluding carboxylic acids is 2. The number of phenolic OH excluding ortho intramolecular Hbond substituents is 1. The predicted octanol–water partition coefficient (Wildman–Crippen LogP) is 3.23. The van der Waals surface area contributed by atoms with Crippen molar-refractivity contribution in [3.63, 3.8) is 0 Å². The zero-order valence-corrected chi connectivity index (χ0v) is 14.6. The van der Waals surface area contributed by atoms with Crippen LogP contribution in [0.4, 0.5) is 5.69 Å². The number of hydrogen-bond acceptors (Lipinski definition) is 5. The average molecular weight is 370 g/mol. The highest BCUT2D eigenvalue weighted by atomic mass is 32.2. The zero-order valence-electron chi connectivity index (χ0n) is 13.0. The fourth-order valence-corrected chi connectivity index (χ4v) is 3.52. The molecule has 0 unspecified atom stereocenters. The summed E-state index contributed by atoms with van der Waals surface area (Å²) in [6.45, 7) is -0.142. The molecule has 0 aromatic heterocycles. The Kier molecular flexibility index (Phi) is 5.16. The predicted molar refractivity (Wildman–Crippen MR) is 103 cm³/mol. The molecule has 2 amide bonds. The third kappa shape index (κ3) is 4.26. The van der Waals surface area contributed by atoms with Gasteiger partial charge < -0.3 is 10.4 Å². The lowest BCUT2D eigenvalue weighted by molar-refractivity contribution is -0.126. The third-order valence-electron chi connectivity index (χ3n) is 3.40. The SMILES string of the molecule is O=C(CN1C(=O)/C(=C/c2cccc(O)c2)SC1=S)Nc1ccccc1. The largest absolute Gasteiger partial charge is 0.508 e. The maximum atomic E-state index is 12.5. The molecule has 1 saturated heterocycles. The highest BCUT2D eigenvalue weighted by molar-refractivity contribution is 8.26. The van der Waals surface area contributed by atoms with Gasteiger partial charge in [0.1, 0.15) is 16.6 Å².